The van der Waals surface area contributed by atoms with Crippen LogP contribution in [0.25, 0.3) is 11.2 Å². The van der Waals surface area contributed by atoms with Gasteiger partial charge < -0.3 is 10.6 Å². The van der Waals surface area contributed by atoms with Crippen LogP contribution in [-0.2, 0) is 0 Å². The van der Waals surface area contributed by atoms with Gasteiger partial charge in [0.15, 0.2) is 17.0 Å². The summed E-state index contributed by atoms with van der Waals surface area (Å²) in [5.41, 5.74) is 3.09. The highest BCUT2D eigenvalue weighted by Gasteiger charge is 2.44. The van der Waals surface area contributed by atoms with Crippen LogP contribution >= 0.6 is 11.6 Å². The van der Waals surface area contributed by atoms with E-state index in [2.05, 4.69) is 41.4 Å². The number of rotatable bonds is 2. The molecule has 1 amide bonds. The first-order valence-corrected chi connectivity index (χ1v) is 8.29. The summed E-state index contributed by atoms with van der Waals surface area (Å²) >= 11 is 6.26. The fraction of sp³-hybridized carbons (Fsp3) is 0.286. The molecule has 1 fully saturated rings. The molecule has 0 saturated heterocycles. The van der Waals surface area contributed by atoms with Crippen LogP contribution in [0.3, 0.4) is 0 Å². The summed E-state index contributed by atoms with van der Waals surface area (Å²) in [6.07, 6.45) is 3.77. The van der Waals surface area contributed by atoms with E-state index in [0.29, 0.717) is 17.0 Å². The standard InChI is InChI=1S/C14H12ClN9O2/c15-6-4-7(18-10-8-11(17-5-16-10)21-23-20-8)13(26)24-9(6)12(25)19-14(22-24)2-1-3-14/h4-5,22H,1-3H2,(H,19,25)(H2,16,17,18,20,21,23). The largest absolute Gasteiger partial charge is 0.334 e. The van der Waals surface area contributed by atoms with Crippen LogP contribution in [0.1, 0.15) is 29.8 Å². The molecule has 132 valence electrons. The van der Waals surface area contributed by atoms with Crippen molar-refractivity contribution >= 4 is 40.2 Å². The molecule has 0 unspecified atom stereocenters. The molecule has 11 nitrogen and oxygen atoms in total. The molecule has 5 rings (SSSR count). The summed E-state index contributed by atoms with van der Waals surface area (Å²) in [7, 11) is 0. The third-order valence-electron chi connectivity index (χ3n) is 4.64. The Kier molecular flexibility index (Phi) is 2.98. The molecule has 1 aliphatic carbocycles. The van der Waals surface area contributed by atoms with Crippen molar-refractivity contribution < 1.29 is 4.79 Å². The van der Waals surface area contributed by atoms with Crippen LogP contribution in [0.15, 0.2) is 17.2 Å². The van der Waals surface area contributed by atoms with Crippen LogP contribution < -0.4 is 21.6 Å². The number of nitrogens with zero attached hydrogens (tertiary/aromatic N) is 5. The van der Waals surface area contributed by atoms with Gasteiger partial charge in [-0.1, -0.05) is 16.8 Å². The Hall–Kier alpha value is -3.21. The van der Waals surface area contributed by atoms with Crippen LogP contribution in [0.2, 0.25) is 5.02 Å². The van der Waals surface area contributed by atoms with Gasteiger partial charge in [0.2, 0.25) is 0 Å². The molecule has 4 N–H and O–H groups in total. The van der Waals surface area contributed by atoms with Crippen molar-refractivity contribution in [2.75, 3.05) is 10.7 Å². The number of pyridine rings is 1. The van der Waals surface area contributed by atoms with Crippen LogP contribution in [0.5, 0.6) is 0 Å². The van der Waals surface area contributed by atoms with Gasteiger partial charge >= 0.3 is 0 Å². The van der Waals surface area contributed by atoms with E-state index in [-0.39, 0.29) is 22.3 Å². The number of carbonyl (C=O) groups excluding carboxylic acids is 1. The quantitative estimate of drug-likeness (QED) is 0.507. The number of halogens is 1. The normalized spacial score (nSPS) is 17.3. The smallest absolute Gasteiger partial charge is 0.293 e. The molecule has 4 heterocycles. The topological polar surface area (TPSA) is 143 Å². The molecule has 0 aromatic carbocycles. The Morgan fingerprint density at radius 3 is 2.88 bits per heavy atom. The maximum Gasteiger partial charge on any atom is 0.293 e. The minimum absolute atomic E-state index is 0.0778. The van der Waals surface area contributed by atoms with Crippen LogP contribution in [0.4, 0.5) is 11.5 Å². The van der Waals surface area contributed by atoms with Gasteiger partial charge in [-0.2, -0.15) is 0 Å². The second-order valence-corrected chi connectivity index (χ2v) is 6.66. The first-order chi connectivity index (χ1) is 12.6. The highest BCUT2D eigenvalue weighted by atomic mass is 35.5. The number of carbonyl (C=O) groups is 1. The lowest BCUT2D eigenvalue weighted by atomic mass is 9.84. The third kappa shape index (κ3) is 2.07. The van der Waals surface area contributed by atoms with E-state index >= 15 is 0 Å². The monoisotopic (exact) mass is 373 g/mol. The molecule has 12 heteroatoms. The fourth-order valence-electron chi connectivity index (χ4n) is 3.17. The van der Waals surface area contributed by atoms with Gasteiger partial charge in [0.25, 0.3) is 11.5 Å². The Balaban J connectivity index is 1.62. The number of fused-ring (bicyclic) bond motifs is 2. The molecule has 2 aliphatic rings. The SMILES string of the molecule is O=C1NC2(CCC2)Nn2c1c(Cl)cc(Nc1ncnc3[nH]nnc13)c2=O. The lowest BCUT2D eigenvalue weighted by molar-refractivity contribution is 0.0790. The zero-order valence-corrected chi connectivity index (χ0v) is 14.0. The van der Waals surface area contributed by atoms with E-state index in [1.807, 2.05) is 0 Å². The number of amides is 1. The van der Waals surface area contributed by atoms with E-state index in [0.717, 1.165) is 19.3 Å². The number of aromatic amines is 1. The Bertz CT molecular complexity index is 1120. The second kappa shape index (κ2) is 5.14. The molecule has 1 spiro atoms. The van der Waals surface area contributed by atoms with Crippen LogP contribution in [0, 0.1) is 0 Å². The first kappa shape index (κ1) is 15.1. The van der Waals surface area contributed by atoms with E-state index in [1.165, 1.54) is 17.1 Å². The van der Waals surface area contributed by atoms with Gasteiger partial charge in [-0.05, 0) is 25.3 Å². The molecule has 0 atom stereocenters. The van der Waals surface area contributed by atoms with Crippen molar-refractivity contribution in [3.63, 3.8) is 0 Å². The van der Waals surface area contributed by atoms with Crippen molar-refractivity contribution in [3.8, 4) is 0 Å². The summed E-state index contributed by atoms with van der Waals surface area (Å²) in [6.45, 7) is 0. The summed E-state index contributed by atoms with van der Waals surface area (Å²) in [6, 6.07) is 1.39. The molecule has 1 saturated carbocycles. The maximum absolute atomic E-state index is 12.9. The molecule has 26 heavy (non-hydrogen) atoms. The van der Waals surface area contributed by atoms with Crippen molar-refractivity contribution in [2.24, 2.45) is 0 Å². The molecule has 3 aromatic heterocycles. The summed E-state index contributed by atoms with van der Waals surface area (Å²) in [5.74, 6) is -0.0749. The Labute approximate surface area is 150 Å². The van der Waals surface area contributed by atoms with Crippen molar-refractivity contribution in [1.82, 2.24) is 35.4 Å². The fourth-order valence-corrected chi connectivity index (χ4v) is 3.45. The number of anilines is 2. The highest BCUT2D eigenvalue weighted by molar-refractivity contribution is 6.34. The minimum atomic E-state index is -0.593. The van der Waals surface area contributed by atoms with Crippen molar-refractivity contribution in [2.45, 2.75) is 24.9 Å². The number of hydrogen-bond donors (Lipinski definition) is 4. The predicted octanol–water partition coefficient (Wildman–Crippen LogP) is 0.474. The maximum atomic E-state index is 12.9. The van der Waals surface area contributed by atoms with Gasteiger partial charge in [0.1, 0.15) is 23.4 Å². The van der Waals surface area contributed by atoms with E-state index in [1.54, 1.807) is 0 Å². The van der Waals surface area contributed by atoms with Crippen molar-refractivity contribution in [3.05, 3.63) is 33.5 Å². The zero-order valence-electron chi connectivity index (χ0n) is 13.2. The first-order valence-electron chi connectivity index (χ1n) is 7.91. The van der Waals surface area contributed by atoms with E-state index in [4.69, 9.17) is 11.6 Å². The van der Waals surface area contributed by atoms with Gasteiger partial charge in [0, 0.05) is 0 Å². The van der Waals surface area contributed by atoms with E-state index in [9.17, 15) is 9.59 Å². The summed E-state index contributed by atoms with van der Waals surface area (Å²) in [4.78, 5) is 33.4. The molecule has 0 bridgehead atoms. The summed E-state index contributed by atoms with van der Waals surface area (Å²) in [5, 5.41) is 16.1. The zero-order chi connectivity index (χ0) is 17.9. The lowest BCUT2D eigenvalue weighted by Gasteiger charge is -2.47. The summed E-state index contributed by atoms with van der Waals surface area (Å²) < 4.78 is 1.20. The molecule has 1 aliphatic heterocycles. The molecular formula is C14H12ClN9O2. The number of hydrogen-bond acceptors (Lipinski definition) is 8. The van der Waals surface area contributed by atoms with E-state index < -0.39 is 11.2 Å². The predicted molar refractivity (Wildman–Crippen MR) is 91.9 cm³/mol. The van der Waals surface area contributed by atoms with Gasteiger partial charge in [-0.25, -0.2) is 19.7 Å². The number of aromatic nitrogens is 6. The molecular weight excluding hydrogens is 362 g/mol. The average Bonchev–Trinajstić information content (AvgIpc) is 3.07. The molecule has 3 aromatic rings. The number of nitrogens with one attached hydrogen (secondary N) is 4. The van der Waals surface area contributed by atoms with Crippen molar-refractivity contribution in [1.29, 1.82) is 0 Å². The third-order valence-corrected chi connectivity index (χ3v) is 4.92. The molecule has 0 radical (unpaired) electrons. The van der Waals surface area contributed by atoms with Gasteiger partial charge in [-0.3, -0.25) is 15.0 Å². The number of H-pyrrole nitrogens is 1. The van der Waals surface area contributed by atoms with Gasteiger partial charge in [0.05, 0.1) is 5.02 Å². The lowest BCUT2D eigenvalue weighted by Crippen LogP contribution is -2.67. The Morgan fingerprint density at radius 2 is 2.12 bits per heavy atom. The van der Waals surface area contributed by atoms with Gasteiger partial charge in [-0.15, -0.1) is 5.10 Å². The Morgan fingerprint density at radius 1 is 1.27 bits per heavy atom. The minimum Gasteiger partial charge on any atom is -0.334 e. The van der Waals surface area contributed by atoms with Crippen LogP contribution in [-0.4, -0.2) is 41.6 Å². The average molecular weight is 374 g/mol. The highest BCUT2D eigenvalue weighted by Crippen LogP contribution is 2.34. The second-order valence-electron chi connectivity index (χ2n) is 6.25.